The molecule has 0 unspecified atom stereocenters. The number of rotatable bonds is 4. The molecule has 1 atom stereocenters. The Kier molecular flexibility index (Phi) is 5.27. The maximum absolute atomic E-state index is 12.7. The van der Waals surface area contributed by atoms with E-state index in [1.165, 1.54) is 6.07 Å². The van der Waals surface area contributed by atoms with Crippen LogP contribution in [0.25, 0.3) is 0 Å². The average Bonchev–Trinajstić information content (AvgIpc) is 2.91. The fourth-order valence-corrected chi connectivity index (χ4v) is 2.76. The molecule has 3 nitrogen and oxygen atoms in total. The summed E-state index contributed by atoms with van der Waals surface area (Å²) in [6.07, 6.45) is -1.48. The van der Waals surface area contributed by atoms with Crippen LogP contribution in [-0.2, 0) is 6.18 Å². The topological polar surface area (TPSA) is 41.1 Å². The lowest BCUT2D eigenvalue weighted by Crippen LogP contribution is -2.30. The first-order valence-corrected chi connectivity index (χ1v) is 7.55. The number of hydrogen-bond acceptors (Lipinski definition) is 2. The van der Waals surface area contributed by atoms with Crippen LogP contribution in [0.2, 0.25) is 0 Å². The number of benzene rings is 1. The molecule has 1 saturated heterocycles. The minimum absolute atomic E-state index is 0.00389. The van der Waals surface area contributed by atoms with Crippen LogP contribution in [0, 0.1) is 0 Å². The van der Waals surface area contributed by atoms with Crippen molar-refractivity contribution in [2.45, 2.75) is 31.5 Å². The predicted octanol–water partition coefficient (Wildman–Crippen LogP) is 3.34. The number of alkyl halides is 3. The van der Waals surface area contributed by atoms with Crippen molar-refractivity contribution in [1.82, 2.24) is 10.6 Å². The monoisotopic (exact) mass is 364 g/mol. The molecule has 21 heavy (non-hydrogen) atoms. The first-order valence-electron chi connectivity index (χ1n) is 6.76. The van der Waals surface area contributed by atoms with Gasteiger partial charge in [-0.25, -0.2) is 0 Å². The van der Waals surface area contributed by atoms with Crippen LogP contribution in [0.5, 0.6) is 0 Å². The van der Waals surface area contributed by atoms with Crippen LogP contribution in [0.3, 0.4) is 0 Å². The number of nitrogens with one attached hydrogen (secondary N) is 2. The van der Waals surface area contributed by atoms with E-state index >= 15 is 0 Å². The number of hydrogen-bond donors (Lipinski definition) is 2. The van der Waals surface area contributed by atoms with Crippen LogP contribution in [0.4, 0.5) is 13.2 Å². The maximum atomic E-state index is 12.7. The highest BCUT2D eigenvalue weighted by Crippen LogP contribution is 2.31. The summed E-state index contributed by atoms with van der Waals surface area (Å²) in [4.78, 5) is 12.0. The molecule has 0 aliphatic carbocycles. The average molecular weight is 365 g/mol. The molecule has 1 heterocycles. The Labute approximate surface area is 129 Å². The van der Waals surface area contributed by atoms with E-state index in [1.807, 2.05) is 0 Å². The fraction of sp³-hybridized carbons (Fsp3) is 0.500. The maximum Gasteiger partial charge on any atom is 0.416 e. The van der Waals surface area contributed by atoms with Gasteiger partial charge in [0.15, 0.2) is 0 Å². The summed E-state index contributed by atoms with van der Waals surface area (Å²) in [5.74, 6) is -0.494. The molecule has 0 bridgehead atoms. The van der Waals surface area contributed by atoms with Crippen molar-refractivity contribution in [3.8, 4) is 0 Å². The number of halogens is 4. The molecule has 1 aromatic carbocycles. The van der Waals surface area contributed by atoms with E-state index in [9.17, 15) is 18.0 Å². The molecule has 1 fully saturated rings. The van der Waals surface area contributed by atoms with Crippen molar-refractivity contribution < 1.29 is 18.0 Å². The fourth-order valence-electron chi connectivity index (χ4n) is 2.33. The van der Waals surface area contributed by atoms with E-state index in [0.29, 0.717) is 17.1 Å². The summed E-state index contributed by atoms with van der Waals surface area (Å²) in [7, 11) is 0. The van der Waals surface area contributed by atoms with Gasteiger partial charge >= 0.3 is 6.18 Å². The lowest BCUT2D eigenvalue weighted by atomic mass is 10.1. The highest BCUT2D eigenvalue weighted by molar-refractivity contribution is 9.10. The molecule has 0 aromatic heterocycles. The molecular formula is C14H16BrF3N2O. The molecular weight excluding hydrogens is 349 g/mol. The molecule has 0 spiro atoms. The molecule has 2 rings (SSSR count). The third-order valence-electron chi connectivity index (χ3n) is 3.48. The molecule has 1 aliphatic heterocycles. The lowest BCUT2D eigenvalue weighted by Gasteiger charge is -2.13. The summed E-state index contributed by atoms with van der Waals surface area (Å²) in [6, 6.07) is 3.45. The van der Waals surface area contributed by atoms with Crippen LogP contribution in [0.15, 0.2) is 22.7 Å². The highest BCUT2D eigenvalue weighted by Gasteiger charge is 2.31. The third kappa shape index (κ3) is 4.44. The van der Waals surface area contributed by atoms with E-state index in [4.69, 9.17) is 0 Å². The minimum Gasteiger partial charge on any atom is -0.352 e. The Morgan fingerprint density at radius 2 is 2.19 bits per heavy atom. The summed E-state index contributed by atoms with van der Waals surface area (Å²) in [5, 5.41) is 5.97. The van der Waals surface area contributed by atoms with Gasteiger partial charge < -0.3 is 10.6 Å². The van der Waals surface area contributed by atoms with Gasteiger partial charge in [0.2, 0.25) is 0 Å². The number of carbonyl (C=O) groups is 1. The smallest absolute Gasteiger partial charge is 0.352 e. The van der Waals surface area contributed by atoms with Crippen molar-refractivity contribution in [2.75, 3.05) is 13.1 Å². The predicted molar refractivity (Wildman–Crippen MR) is 77.1 cm³/mol. The Hall–Kier alpha value is -1.08. The van der Waals surface area contributed by atoms with Gasteiger partial charge in [-0.3, -0.25) is 4.79 Å². The summed E-state index contributed by atoms with van der Waals surface area (Å²) in [5.41, 5.74) is -0.822. The van der Waals surface area contributed by atoms with Gasteiger partial charge in [0.05, 0.1) is 11.1 Å². The second-order valence-corrected chi connectivity index (χ2v) is 5.88. The van der Waals surface area contributed by atoms with Crippen molar-refractivity contribution in [3.63, 3.8) is 0 Å². The van der Waals surface area contributed by atoms with E-state index in [1.54, 1.807) is 0 Å². The molecule has 2 N–H and O–H groups in total. The number of carbonyl (C=O) groups excluding carboxylic acids is 1. The van der Waals surface area contributed by atoms with Crippen molar-refractivity contribution in [2.24, 2.45) is 0 Å². The molecule has 1 aliphatic rings. The van der Waals surface area contributed by atoms with Crippen LogP contribution < -0.4 is 10.6 Å². The first kappa shape index (κ1) is 16.3. The molecule has 1 aromatic rings. The van der Waals surface area contributed by atoms with Crippen LogP contribution in [0.1, 0.15) is 35.2 Å². The van der Waals surface area contributed by atoms with Crippen LogP contribution in [-0.4, -0.2) is 25.0 Å². The van der Waals surface area contributed by atoms with E-state index in [2.05, 4.69) is 26.6 Å². The zero-order valence-electron chi connectivity index (χ0n) is 11.3. The minimum atomic E-state index is -4.45. The normalized spacial score (nSPS) is 18.8. The molecule has 1 amide bonds. The molecule has 0 radical (unpaired) electrons. The zero-order chi connectivity index (χ0) is 15.5. The van der Waals surface area contributed by atoms with Crippen LogP contribution >= 0.6 is 15.9 Å². The van der Waals surface area contributed by atoms with E-state index in [0.717, 1.165) is 37.9 Å². The second kappa shape index (κ2) is 6.79. The Balaban J connectivity index is 1.97. The quantitative estimate of drug-likeness (QED) is 0.860. The van der Waals surface area contributed by atoms with Crippen molar-refractivity contribution in [3.05, 3.63) is 33.8 Å². The molecule has 116 valence electrons. The molecule has 7 heteroatoms. The van der Waals surface area contributed by atoms with Crippen molar-refractivity contribution >= 4 is 21.8 Å². The van der Waals surface area contributed by atoms with Gasteiger partial charge in [0.1, 0.15) is 0 Å². The largest absolute Gasteiger partial charge is 0.416 e. The summed E-state index contributed by atoms with van der Waals surface area (Å²) >= 11 is 3.12. The molecule has 0 saturated carbocycles. The van der Waals surface area contributed by atoms with Gasteiger partial charge in [-0.15, -0.1) is 0 Å². The summed E-state index contributed by atoms with van der Waals surface area (Å²) in [6.45, 7) is 1.43. The van der Waals surface area contributed by atoms with Gasteiger partial charge in [-0.1, -0.05) is 0 Å². The summed E-state index contributed by atoms with van der Waals surface area (Å²) < 4.78 is 38.3. The van der Waals surface area contributed by atoms with Gasteiger partial charge in [0, 0.05) is 17.1 Å². The van der Waals surface area contributed by atoms with Gasteiger partial charge in [-0.2, -0.15) is 13.2 Å². The van der Waals surface area contributed by atoms with E-state index < -0.39 is 17.6 Å². The Morgan fingerprint density at radius 1 is 1.43 bits per heavy atom. The highest BCUT2D eigenvalue weighted by atomic mass is 79.9. The Morgan fingerprint density at radius 3 is 2.81 bits per heavy atom. The second-order valence-electron chi connectivity index (χ2n) is 5.03. The van der Waals surface area contributed by atoms with Gasteiger partial charge in [0.25, 0.3) is 5.91 Å². The van der Waals surface area contributed by atoms with Crippen molar-refractivity contribution in [1.29, 1.82) is 0 Å². The number of amides is 1. The van der Waals surface area contributed by atoms with Gasteiger partial charge in [-0.05, 0) is 59.9 Å². The third-order valence-corrected chi connectivity index (χ3v) is 4.17. The van der Waals surface area contributed by atoms with E-state index in [-0.39, 0.29) is 5.56 Å². The Bertz CT molecular complexity index is 513. The zero-order valence-corrected chi connectivity index (χ0v) is 12.9. The first-order chi connectivity index (χ1) is 9.88. The lowest BCUT2D eigenvalue weighted by molar-refractivity contribution is -0.137. The standard InChI is InChI=1S/C14H16BrF3N2O/c15-12-4-3-9(14(16,17)18)8-11(12)13(21)20-7-5-10-2-1-6-19-10/h3-4,8,10,19H,1-2,5-7H2,(H,20,21)/t10-/m1/s1. The SMILES string of the molecule is O=C(NCC[C@H]1CCCN1)c1cc(C(F)(F)F)ccc1Br.